The van der Waals surface area contributed by atoms with Crippen LogP contribution in [-0.4, -0.2) is 10.1 Å². The smallest absolute Gasteiger partial charge is 0.121 e. The van der Waals surface area contributed by atoms with E-state index in [4.69, 9.17) is 0 Å². The summed E-state index contributed by atoms with van der Waals surface area (Å²) >= 11 is 1.60. The Labute approximate surface area is 101 Å². The van der Waals surface area contributed by atoms with Crippen LogP contribution in [-0.2, 0) is 0 Å². The van der Waals surface area contributed by atoms with Crippen LogP contribution >= 0.6 is 11.3 Å². The van der Waals surface area contributed by atoms with Crippen LogP contribution in [0.15, 0.2) is 5.38 Å². The molecule has 0 amide bonds. The molecule has 2 aliphatic rings. The van der Waals surface area contributed by atoms with Gasteiger partial charge in [0.05, 0.1) is 0 Å². The standard InChI is InChI=1S/C13H19NOS/c1-8-7-16-13(14-8)12(15)6-11-5-9-2-3-10(11)4-9/h7,9-12,15H,2-6H2,1H3. The van der Waals surface area contributed by atoms with Crippen molar-refractivity contribution < 1.29 is 5.11 Å². The van der Waals surface area contributed by atoms with Crippen molar-refractivity contribution in [1.29, 1.82) is 0 Å². The second kappa shape index (κ2) is 4.11. The van der Waals surface area contributed by atoms with Gasteiger partial charge in [0.2, 0.25) is 0 Å². The molecule has 3 heteroatoms. The van der Waals surface area contributed by atoms with Crippen LogP contribution in [0, 0.1) is 24.7 Å². The summed E-state index contributed by atoms with van der Waals surface area (Å²) in [5.41, 5.74) is 1.03. The van der Waals surface area contributed by atoms with E-state index in [1.807, 2.05) is 12.3 Å². The molecule has 0 saturated heterocycles. The van der Waals surface area contributed by atoms with E-state index in [-0.39, 0.29) is 6.10 Å². The van der Waals surface area contributed by atoms with Crippen molar-refractivity contribution in [2.75, 3.05) is 0 Å². The topological polar surface area (TPSA) is 33.1 Å². The Bertz CT molecular complexity index is 376. The zero-order chi connectivity index (χ0) is 11.1. The van der Waals surface area contributed by atoms with E-state index in [0.717, 1.165) is 34.9 Å². The highest BCUT2D eigenvalue weighted by Gasteiger charge is 2.40. The summed E-state index contributed by atoms with van der Waals surface area (Å²) in [6, 6.07) is 0. The summed E-state index contributed by atoms with van der Waals surface area (Å²) in [7, 11) is 0. The van der Waals surface area contributed by atoms with Crippen molar-refractivity contribution in [1.82, 2.24) is 4.98 Å². The molecule has 4 atom stereocenters. The van der Waals surface area contributed by atoms with E-state index in [9.17, 15) is 5.11 Å². The first-order valence-electron chi connectivity index (χ1n) is 6.32. The third-order valence-corrected chi connectivity index (χ3v) is 5.40. The molecule has 2 aliphatic carbocycles. The van der Waals surface area contributed by atoms with E-state index in [1.54, 1.807) is 11.3 Å². The quantitative estimate of drug-likeness (QED) is 0.875. The molecular formula is C13H19NOS. The molecule has 16 heavy (non-hydrogen) atoms. The van der Waals surface area contributed by atoms with Crippen molar-refractivity contribution in [3.63, 3.8) is 0 Å². The maximum Gasteiger partial charge on any atom is 0.121 e. The summed E-state index contributed by atoms with van der Waals surface area (Å²) in [5.74, 6) is 2.64. The minimum atomic E-state index is -0.317. The predicted octanol–water partition coefficient (Wildman–Crippen LogP) is 3.31. The van der Waals surface area contributed by atoms with Crippen LogP contribution in [0.5, 0.6) is 0 Å². The number of rotatable bonds is 3. The van der Waals surface area contributed by atoms with Gasteiger partial charge in [-0.2, -0.15) is 0 Å². The van der Waals surface area contributed by atoms with Crippen LogP contribution in [0.2, 0.25) is 0 Å². The Hall–Kier alpha value is -0.410. The van der Waals surface area contributed by atoms with E-state index in [1.165, 1.54) is 25.7 Å². The largest absolute Gasteiger partial charge is 0.386 e. The average molecular weight is 237 g/mol. The first kappa shape index (κ1) is 10.7. The molecule has 2 bridgehead atoms. The lowest BCUT2D eigenvalue weighted by atomic mass is 9.85. The lowest BCUT2D eigenvalue weighted by Crippen LogP contribution is -2.14. The molecule has 3 rings (SSSR count). The summed E-state index contributed by atoms with van der Waals surface area (Å²) in [4.78, 5) is 4.38. The highest BCUT2D eigenvalue weighted by atomic mass is 32.1. The Morgan fingerprint density at radius 2 is 2.38 bits per heavy atom. The maximum absolute atomic E-state index is 10.2. The second-order valence-electron chi connectivity index (χ2n) is 5.51. The number of thiazole rings is 1. The van der Waals surface area contributed by atoms with Gasteiger partial charge in [-0.05, 0) is 50.4 Å². The number of nitrogens with zero attached hydrogens (tertiary/aromatic N) is 1. The Kier molecular flexibility index (Phi) is 2.76. The van der Waals surface area contributed by atoms with Gasteiger partial charge >= 0.3 is 0 Å². The lowest BCUT2D eigenvalue weighted by molar-refractivity contribution is 0.125. The van der Waals surface area contributed by atoms with Gasteiger partial charge < -0.3 is 5.11 Å². The minimum Gasteiger partial charge on any atom is -0.386 e. The third-order valence-electron chi connectivity index (χ3n) is 4.33. The zero-order valence-electron chi connectivity index (χ0n) is 9.72. The molecule has 0 radical (unpaired) electrons. The molecular weight excluding hydrogens is 218 g/mol. The van der Waals surface area contributed by atoms with Crippen LogP contribution in [0.1, 0.15) is 48.9 Å². The fraction of sp³-hybridized carbons (Fsp3) is 0.769. The van der Waals surface area contributed by atoms with Gasteiger partial charge in [-0.15, -0.1) is 11.3 Å². The summed E-state index contributed by atoms with van der Waals surface area (Å²) in [6.45, 7) is 1.99. The third kappa shape index (κ3) is 1.91. The van der Waals surface area contributed by atoms with Crippen LogP contribution in [0.25, 0.3) is 0 Å². The molecule has 0 spiro atoms. The SMILES string of the molecule is Cc1csc(C(O)CC2CC3CCC2C3)n1. The normalized spacial score (nSPS) is 34.5. The number of aliphatic hydroxyl groups excluding tert-OH is 1. The minimum absolute atomic E-state index is 0.317. The van der Waals surface area contributed by atoms with Crippen LogP contribution < -0.4 is 0 Å². The van der Waals surface area contributed by atoms with Crippen molar-refractivity contribution >= 4 is 11.3 Å². The molecule has 1 heterocycles. The van der Waals surface area contributed by atoms with E-state index >= 15 is 0 Å². The van der Waals surface area contributed by atoms with E-state index < -0.39 is 0 Å². The number of hydrogen-bond donors (Lipinski definition) is 1. The highest BCUT2D eigenvalue weighted by molar-refractivity contribution is 7.09. The van der Waals surface area contributed by atoms with Gasteiger partial charge in [0.1, 0.15) is 11.1 Å². The van der Waals surface area contributed by atoms with Gasteiger partial charge in [0.15, 0.2) is 0 Å². The van der Waals surface area contributed by atoms with Crippen molar-refractivity contribution in [3.8, 4) is 0 Å². The molecule has 1 aromatic heterocycles. The van der Waals surface area contributed by atoms with Gasteiger partial charge in [-0.25, -0.2) is 4.98 Å². The summed E-state index contributed by atoms with van der Waals surface area (Å²) < 4.78 is 0. The lowest BCUT2D eigenvalue weighted by Gasteiger charge is -2.23. The zero-order valence-corrected chi connectivity index (χ0v) is 10.5. The van der Waals surface area contributed by atoms with Gasteiger partial charge in [-0.3, -0.25) is 0 Å². The summed E-state index contributed by atoms with van der Waals surface area (Å²) in [5, 5.41) is 13.1. The predicted molar refractivity (Wildman–Crippen MR) is 65.4 cm³/mol. The molecule has 0 aromatic carbocycles. The monoisotopic (exact) mass is 237 g/mol. The van der Waals surface area contributed by atoms with Gasteiger partial charge in [-0.1, -0.05) is 6.42 Å². The number of fused-ring (bicyclic) bond motifs is 2. The first-order chi connectivity index (χ1) is 7.72. The average Bonchev–Trinajstić information content (AvgIpc) is 2.92. The maximum atomic E-state index is 10.2. The Morgan fingerprint density at radius 3 is 2.94 bits per heavy atom. The molecule has 1 N–H and O–H groups in total. The van der Waals surface area contributed by atoms with Crippen LogP contribution in [0.4, 0.5) is 0 Å². The fourth-order valence-electron chi connectivity index (χ4n) is 3.58. The molecule has 1 aromatic rings. The number of hydrogen-bond acceptors (Lipinski definition) is 3. The van der Waals surface area contributed by atoms with Gasteiger partial charge in [0.25, 0.3) is 0 Å². The van der Waals surface area contributed by atoms with Crippen molar-refractivity contribution in [2.45, 2.75) is 45.1 Å². The highest BCUT2D eigenvalue weighted by Crippen LogP contribution is 2.50. The van der Waals surface area contributed by atoms with Gasteiger partial charge in [0, 0.05) is 11.1 Å². The number of aromatic nitrogens is 1. The molecule has 2 saturated carbocycles. The van der Waals surface area contributed by atoms with Crippen molar-refractivity contribution in [2.24, 2.45) is 17.8 Å². The van der Waals surface area contributed by atoms with E-state index in [0.29, 0.717) is 0 Å². The first-order valence-corrected chi connectivity index (χ1v) is 7.20. The molecule has 2 nitrogen and oxygen atoms in total. The summed E-state index contributed by atoms with van der Waals surface area (Å²) in [6.07, 6.45) is 6.24. The fourth-order valence-corrected chi connectivity index (χ4v) is 4.37. The molecule has 4 unspecified atom stereocenters. The van der Waals surface area contributed by atoms with Crippen LogP contribution in [0.3, 0.4) is 0 Å². The molecule has 0 aliphatic heterocycles. The Morgan fingerprint density at radius 1 is 1.50 bits per heavy atom. The van der Waals surface area contributed by atoms with E-state index in [2.05, 4.69) is 4.98 Å². The molecule has 2 fully saturated rings. The number of aliphatic hydroxyl groups is 1. The molecule has 88 valence electrons. The Balaban J connectivity index is 1.62. The van der Waals surface area contributed by atoms with Crippen molar-refractivity contribution in [3.05, 3.63) is 16.1 Å². The number of aryl methyl sites for hydroxylation is 1. The second-order valence-corrected chi connectivity index (χ2v) is 6.40.